The molecule has 0 aliphatic heterocycles. The van der Waals surface area contributed by atoms with E-state index in [1.165, 1.54) is 6.92 Å². The first-order valence-corrected chi connectivity index (χ1v) is 8.69. The molecule has 0 N–H and O–H groups in total. The maximum Gasteiger partial charge on any atom is 0.449 e. The van der Waals surface area contributed by atoms with Gasteiger partial charge in [-0.15, -0.1) is 0 Å². The fourth-order valence-electron chi connectivity index (χ4n) is 2.10. The minimum absolute atomic E-state index is 0.00862. The van der Waals surface area contributed by atoms with Crippen LogP contribution in [0.5, 0.6) is 0 Å². The Labute approximate surface area is 144 Å². The van der Waals surface area contributed by atoms with Crippen molar-refractivity contribution < 1.29 is 27.7 Å². The highest BCUT2D eigenvalue weighted by Gasteiger charge is 2.46. The molecule has 2 rings (SSSR count). The third kappa shape index (κ3) is 3.90. The molecule has 9 heteroatoms. The Bertz CT molecular complexity index is 890. The number of ketones is 1. The molecule has 1 aromatic carbocycles. The first-order valence-electron chi connectivity index (χ1n) is 7.15. The van der Waals surface area contributed by atoms with Gasteiger partial charge in [-0.1, -0.05) is 41.6 Å². The first kappa shape index (κ1) is 18.7. The van der Waals surface area contributed by atoms with Crippen molar-refractivity contribution >= 4 is 31.0 Å². The van der Waals surface area contributed by atoms with E-state index < -0.39 is 18.8 Å². The van der Waals surface area contributed by atoms with Crippen molar-refractivity contribution in [2.24, 2.45) is 0 Å². The molecular weight excluding hydrogens is 345 g/mol. The van der Waals surface area contributed by atoms with Gasteiger partial charge in [0.25, 0.3) is 5.78 Å². The Morgan fingerprint density at radius 2 is 1.88 bits per heavy atom. The Hall–Kier alpha value is -2.63. The number of aromatic nitrogens is 1. The van der Waals surface area contributed by atoms with E-state index in [0.29, 0.717) is 0 Å². The maximum absolute atomic E-state index is 12.7. The van der Waals surface area contributed by atoms with Gasteiger partial charge in [0.15, 0.2) is 5.76 Å². The van der Waals surface area contributed by atoms with E-state index in [9.17, 15) is 9.36 Å². The van der Waals surface area contributed by atoms with Crippen LogP contribution in [0.1, 0.15) is 27.4 Å². The van der Waals surface area contributed by atoms with Crippen LogP contribution in [-0.4, -0.2) is 35.4 Å². The Morgan fingerprint density at radius 1 is 1.24 bits per heavy atom. The van der Waals surface area contributed by atoms with Gasteiger partial charge in [0.2, 0.25) is 0 Å². The van der Waals surface area contributed by atoms with E-state index in [1.54, 1.807) is 12.2 Å². The van der Waals surface area contributed by atoms with E-state index >= 15 is 0 Å². The predicted octanol–water partition coefficient (Wildman–Crippen LogP) is 3.45. The van der Waals surface area contributed by atoms with E-state index in [2.05, 4.69) is 9.95 Å². The van der Waals surface area contributed by atoms with Crippen LogP contribution in [0.2, 0.25) is 0 Å². The SMILES string of the molecule is COP(=O)(OC)C(=[N+]=[N-])C(=O)c1c(C)noc1/C=C/c1ccccc1. The van der Waals surface area contributed by atoms with Crippen molar-refractivity contribution in [1.29, 1.82) is 0 Å². The Balaban J connectivity index is 2.45. The van der Waals surface area contributed by atoms with Crippen molar-refractivity contribution in [1.82, 2.24) is 5.16 Å². The zero-order valence-electron chi connectivity index (χ0n) is 13.9. The van der Waals surface area contributed by atoms with Crippen LogP contribution < -0.4 is 0 Å². The molecule has 0 amide bonds. The second kappa shape index (κ2) is 7.96. The summed E-state index contributed by atoms with van der Waals surface area (Å²) in [4.78, 5) is 15.5. The first-order chi connectivity index (χ1) is 12.0. The number of nitrogens with zero attached hydrogens (tertiary/aromatic N) is 3. The lowest BCUT2D eigenvalue weighted by molar-refractivity contribution is -0.00426. The summed E-state index contributed by atoms with van der Waals surface area (Å²) in [6.45, 7) is 1.54. The lowest BCUT2D eigenvalue weighted by atomic mass is 10.1. The van der Waals surface area contributed by atoms with Crippen LogP contribution in [0.3, 0.4) is 0 Å². The molecule has 0 aliphatic carbocycles. The molecule has 0 unspecified atom stereocenters. The van der Waals surface area contributed by atoms with E-state index in [4.69, 9.17) is 19.1 Å². The second-order valence-electron chi connectivity index (χ2n) is 4.87. The molecular formula is C16H16N3O5P. The molecule has 1 aromatic heterocycles. The number of rotatable bonds is 7. The lowest BCUT2D eigenvalue weighted by Crippen LogP contribution is -2.19. The van der Waals surface area contributed by atoms with Gasteiger partial charge in [0.1, 0.15) is 5.56 Å². The summed E-state index contributed by atoms with van der Waals surface area (Å²) < 4.78 is 27.0. The summed E-state index contributed by atoms with van der Waals surface area (Å²) in [6.07, 6.45) is 3.26. The van der Waals surface area contributed by atoms with Crippen LogP contribution in [0.15, 0.2) is 34.9 Å². The zero-order valence-corrected chi connectivity index (χ0v) is 14.8. The van der Waals surface area contributed by atoms with Crippen LogP contribution in [0.4, 0.5) is 0 Å². The zero-order chi connectivity index (χ0) is 18.4. The highest BCUT2D eigenvalue weighted by Crippen LogP contribution is 2.48. The third-order valence-corrected chi connectivity index (χ3v) is 5.15. The van der Waals surface area contributed by atoms with Crippen molar-refractivity contribution in [2.75, 3.05) is 14.2 Å². The standard InChI is InChI=1S/C16H16N3O5P/c1-11-14(15(20)16(18-17)25(21,22-2)23-3)13(24-19-11)10-9-12-7-5-4-6-8-12/h4-10H,1-3H3/b10-9+. The summed E-state index contributed by atoms with van der Waals surface area (Å²) in [5, 5.41) is 3.75. The molecule has 25 heavy (non-hydrogen) atoms. The second-order valence-corrected chi connectivity index (χ2v) is 7.02. The average molecular weight is 361 g/mol. The predicted molar refractivity (Wildman–Crippen MR) is 91.2 cm³/mol. The number of Topliss-reactive ketones (excluding diaryl/α,β-unsaturated/α-hetero) is 1. The van der Waals surface area contributed by atoms with Crippen LogP contribution in [-0.2, 0) is 13.6 Å². The van der Waals surface area contributed by atoms with Crippen molar-refractivity contribution in [3.05, 3.63) is 58.4 Å². The van der Waals surface area contributed by atoms with Gasteiger partial charge in [-0.2, -0.15) is 4.79 Å². The van der Waals surface area contributed by atoms with Crippen molar-refractivity contribution in [3.8, 4) is 0 Å². The Morgan fingerprint density at radius 3 is 2.44 bits per heavy atom. The minimum Gasteiger partial charge on any atom is -0.360 e. The summed E-state index contributed by atoms with van der Waals surface area (Å²) in [7, 11) is -1.88. The molecule has 0 radical (unpaired) electrons. The van der Waals surface area contributed by atoms with E-state index in [1.807, 2.05) is 30.3 Å². The summed E-state index contributed by atoms with van der Waals surface area (Å²) in [6, 6.07) is 9.34. The highest BCUT2D eigenvalue weighted by molar-refractivity contribution is 7.75. The topological polar surface area (TPSA) is 115 Å². The quantitative estimate of drug-likeness (QED) is 0.245. The summed E-state index contributed by atoms with van der Waals surface area (Å²) in [5.41, 5.74) is 9.53. The molecule has 0 saturated heterocycles. The van der Waals surface area contributed by atoms with Gasteiger partial charge in [0.05, 0.1) is 5.69 Å². The minimum atomic E-state index is -4.05. The fourth-order valence-corrected chi connectivity index (χ4v) is 3.06. The van der Waals surface area contributed by atoms with Gasteiger partial charge in [0, 0.05) is 14.2 Å². The van der Waals surface area contributed by atoms with E-state index in [0.717, 1.165) is 19.8 Å². The normalized spacial score (nSPS) is 11.5. The molecule has 0 aliphatic rings. The highest BCUT2D eigenvalue weighted by atomic mass is 31.2. The fraction of sp³-hybridized carbons (Fsp3) is 0.188. The third-order valence-electron chi connectivity index (χ3n) is 3.38. The monoisotopic (exact) mass is 361 g/mol. The number of hydrogen-bond acceptors (Lipinski definition) is 6. The van der Waals surface area contributed by atoms with E-state index in [-0.39, 0.29) is 17.0 Å². The molecule has 0 spiro atoms. The molecule has 130 valence electrons. The number of benzene rings is 1. The molecule has 8 nitrogen and oxygen atoms in total. The van der Waals surface area contributed by atoms with Gasteiger partial charge >= 0.3 is 13.0 Å². The average Bonchev–Trinajstić information content (AvgIpc) is 3.01. The molecule has 0 bridgehead atoms. The number of aryl methyl sites for hydroxylation is 1. The summed E-state index contributed by atoms with van der Waals surface area (Å²) >= 11 is 0. The largest absolute Gasteiger partial charge is 0.449 e. The van der Waals surface area contributed by atoms with Crippen molar-refractivity contribution in [2.45, 2.75) is 6.92 Å². The number of carbonyl (C=O) groups is 1. The summed E-state index contributed by atoms with van der Waals surface area (Å²) in [5.74, 6) is -0.729. The van der Waals surface area contributed by atoms with Crippen LogP contribution >= 0.6 is 7.60 Å². The lowest BCUT2D eigenvalue weighted by Gasteiger charge is -2.07. The van der Waals surface area contributed by atoms with Gasteiger partial charge in [-0.05, 0) is 18.6 Å². The Kier molecular flexibility index (Phi) is 5.96. The number of carbonyl (C=O) groups excluding carboxylic acids is 1. The molecule has 0 fully saturated rings. The van der Waals surface area contributed by atoms with Gasteiger partial charge in [-0.3, -0.25) is 4.79 Å². The molecule has 1 heterocycles. The molecule has 0 atom stereocenters. The van der Waals surface area contributed by atoms with Crippen LogP contribution in [0, 0.1) is 6.92 Å². The maximum atomic E-state index is 12.7. The molecule has 0 saturated carbocycles. The van der Waals surface area contributed by atoms with Gasteiger partial charge in [-0.25, -0.2) is 4.57 Å². The molecule has 2 aromatic rings. The van der Waals surface area contributed by atoms with Gasteiger partial charge < -0.3 is 19.1 Å². The van der Waals surface area contributed by atoms with Crippen LogP contribution in [0.25, 0.3) is 17.7 Å². The van der Waals surface area contributed by atoms with Crippen molar-refractivity contribution in [3.63, 3.8) is 0 Å². The number of hydrogen-bond donors (Lipinski definition) is 0. The smallest absolute Gasteiger partial charge is 0.360 e.